The van der Waals surface area contributed by atoms with Crippen LogP contribution in [0.1, 0.15) is 0 Å². The molecule has 0 aliphatic carbocycles. The largest absolute Gasteiger partial charge is 0.456 e. The second-order valence-corrected chi connectivity index (χ2v) is 17.0. The number of furan rings is 1. The zero-order chi connectivity index (χ0) is 45.9. The van der Waals surface area contributed by atoms with E-state index >= 15 is 0 Å². The first-order valence-electron chi connectivity index (χ1n) is 23.1. The van der Waals surface area contributed by atoms with Crippen LogP contribution in [0.2, 0.25) is 0 Å². The Balaban J connectivity index is 0.894. The van der Waals surface area contributed by atoms with Crippen molar-refractivity contribution >= 4 is 44.7 Å². The van der Waals surface area contributed by atoms with Crippen molar-refractivity contribution in [2.45, 2.75) is 0 Å². The van der Waals surface area contributed by atoms with E-state index in [2.05, 4.69) is 162 Å². The van der Waals surface area contributed by atoms with Gasteiger partial charge >= 0.3 is 0 Å². The van der Waals surface area contributed by atoms with E-state index in [1.54, 1.807) is 0 Å². The Morgan fingerprint density at radius 1 is 0.275 bits per heavy atom. The maximum Gasteiger partial charge on any atom is 0.164 e. The van der Waals surface area contributed by atoms with Gasteiger partial charge in [-0.15, -0.1) is 0 Å². The minimum absolute atomic E-state index is 0.588. The fourth-order valence-electron chi connectivity index (χ4n) is 9.08. The Bertz CT molecular complexity index is 3690. The highest BCUT2D eigenvalue weighted by Crippen LogP contribution is 2.41. The molecular weight excluding hydrogens is 843 g/mol. The first-order valence-corrected chi connectivity index (χ1v) is 23.1. The van der Waals surface area contributed by atoms with Gasteiger partial charge in [-0.3, -0.25) is 0 Å². The number of rotatable bonds is 11. The summed E-state index contributed by atoms with van der Waals surface area (Å²) in [5, 5.41) is 9.26. The van der Waals surface area contributed by atoms with Crippen molar-refractivity contribution in [1.29, 1.82) is 0 Å². The molecule has 2 aromatic heterocycles. The van der Waals surface area contributed by atoms with Crippen LogP contribution in [0.4, 0.5) is 22.7 Å². The maximum atomic E-state index is 6.50. The highest BCUT2D eigenvalue weighted by molar-refractivity contribution is 6.13. The average Bonchev–Trinajstić information content (AvgIpc) is 3.81. The molecular formula is C63H43N5O. The Morgan fingerprint density at radius 2 is 0.725 bits per heavy atom. The van der Waals surface area contributed by atoms with E-state index in [0.717, 1.165) is 106 Å². The number of nitrogens with one attached hydrogen (secondary N) is 2. The van der Waals surface area contributed by atoms with Crippen LogP contribution < -0.4 is 10.6 Å². The minimum Gasteiger partial charge on any atom is -0.456 e. The second kappa shape index (κ2) is 18.1. The molecule has 0 atom stereocenters. The van der Waals surface area contributed by atoms with Gasteiger partial charge in [0.1, 0.15) is 11.2 Å². The van der Waals surface area contributed by atoms with Gasteiger partial charge in [0.15, 0.2) is 17.5 Å². The number of nitrogens with zero attached hydrogens (tertiary/aromatic N) is 3. The van der Waals surface area contributed by atoms with Crippen molar-refractivity contribution in [2.75, 3.05) is 10.6 Å². The summed E-state index contributed by atoms with van der Waals surface area (Å²) in [5.41, 5.74) is 17.4. The molecule has 2 heterocycles. The summed E-state index contributed by atoms with van der Waals surface area (Å²) >= 11 is 0. The molecule has 326 valence electrons. The molecule has 2 N–H and O–H groups in total. The van der Waals surface area contributed by atoms with Crippen LogP contribution in [0.25, 0.3) is 101 Å². The number of benzene rings is 10. The normalized spacial score (nSPS) is 11.2. The molecule has 0 aliphatic rings. The molecule has 0 radical (unpaired) electrons. The predicted octanol–water partition coefficient (Wildman–Crippen LogP) is 16.9. The van der Waals surface area contributed by atoms with Gasteiger partial charge in [0, 0.05) is 61.3 Å². The lowest BCUT2D eigenvalue weighted by molar-refractivity contribution is 0.669. The summed E-state index contributed by atoms with van der Waals surface area (Å²) in [7, 11) is 0. The average molecular weight is 886 g/mol. The number of hydrogen-bond acceptors (Lipinski definition) is 6. The van der Waals surface area contributed by atoms with Crippen molar-refractivity contribution in [2.24, 2.45) is 0 Å². The Hall–Kier alpha value is -9.39. The second-order valence-electron chi connectivity index (χ2n) is 17.0. The third kappa shape index (κ3) is 8.39. The molecule has 12 rings (SSSR count). The third-order valence-electron chi connectivity index (χ3n) is 12.5. The Kier molecular flexibility index (Phi) is 10.8. The molecule has 0 fully saturated rings. The number of aromatic nitrogens is 3. The number of anilines is 4. The van der Waals surface area contributed by atoms with Crippen LogP contribution in [0.3, 0.4) is 0 Å². The molecule has 10 aromatic carbocycles. The van der Waals surface area contributed by atoms with Crippen molar-refractivity contribution in [3.05, 3.63) is 249 Å². The summed E-state index contributed by atoms with van der Waals surface area (Å²) in [4.78, 5) is 15.1. The molecule has 0 unspecified atom stereocenters. The number of hydrogen-bond donors (Lipinski definition) is 2. The van der Waals surface area contributed by atoms with E-state index < -0.39 is 0 Å². The van der Waals surface area contributed by atoms with Crippen molar-refractivity contribution < 1.29 is 4.42 Å². The summed E-state index contributed by atoms with van der Waals surface area (Å²) in [6, 6.07) is 86.1. The van der Waals surface area contributed by atoms with E-state index in [1.807, 2.05) is 97.1 Å². The van der Waals surface area contributed by atoms with E-state index in [1.165, 1.54) is 0 Å². The highest BCUT2D eigenvalue weighted by atomic mass is 16.3. The molecule has 0 aliphatic heterocycles. The maximum absolute atomic E-state index is 6.50. The smallest absolute Gasteiger partial charge is 0.164 e. The van der Waals surface area contributed by atoms with Gasteiger partial charge < -0.3 is 15.1 Å². The first-order chi connectivity index (χ1) is 34.2. The molecule has 6 nitrogen and oxygen atoms in total. The highest BCUT2D eigenvalue weighted by Gasteiger charge is 2.19. The van der Waals surface area contributed by atoms with Crippen LogP contribution in [0.15, 0.2) is 253 Å². The zero-order valence-corrected chi connectivity index (χ0v) is 37.4. The van der Waals surface area contributed by atoms with Gasteiger partial charge in [-0.2, -0.15) is 0 Å². The van der Waals surface area contributed by atoms with Crippen LogP contribution >= 0.6 is 0 Å². The van der Waals surface area contributed by atoms with E-state index in [4.69, 9.17) is 19.4 Å². The summed E-state index contributed by atoms with van der Waals surface area (Å²) in [6.07, 6.45) is 0. The lowest BCUT2D eigenvalue weighted by Crippen LogP contribution is -2.00. The third-order valence-corrected chi connectivity index (χ3v) is 12.5. The Morgan fingerprint density at radius 3 is 1.33 bits per heavy atom. The molecule has 12 aromatic rings. The lowest BCUT2D eigenvalue weighted by atomic mass is 9.94. The van der Waals surface area contributed by atoms with Gasteiger partial charge in [0.25, 0.3) is 0 Å². The summed E-state index contributed by atoms with van der Waals surface area (Å²) in [5.74, 6) is 1.82. The number of fused-ring (bicyclic) bond motifs is 3. The van der Waals surface area contributed by atoms with E-state index in [-0.39, 0.29) is 0 Å². The molecule has 0 spiro atoms. The minimum atomic E-state index is 0.588. The molecule has 0 amide bonds. The van der Waals surface area contributed by atoms with Gasteiger partial charge in [-0.1, -0.05) is 188 Å². The molecule has 69 heavy (non-hydrogen) atoms. The van der Waals surface area contributed by atoms with Crippen molar-refractivity contribution in [3.8, 4) is 78.7 Å². The zero-order valence-electron chi connectivity index (χ0n) is 37.4. The van der Waals surface area contributed by atoms with Crippen LogP contribution in [-0.2, 0) is 0 Å². The lowest BCUT2D eigenvalue weighted by Gasteiger charge is -2.16. The molecule has 0 saturated heterocycles. The van der Waals surface area contributed by atoms with Gasteiger partial charge in [-0.25, -0.2) is 15.0 Å². The molecule has 0 saturated carbocycles. The Labute approximate surface area is 400 Å². The molecule has 0 bridgehead atoms. The standard InChI is InChI=1S/C63H43N5O/c1-5-16-46(17-6-1)61-66-62(47-18-7-2-8-19-47)68-63(67-61)53-25-15-27-59-60(53)55-41-49(37-39-58(55)69-59)43-30-34-45(35-31-43)54-40-48(36-38-57(54)65-51-22-11-4-12-23-51)42-28-32-44(33-29-42)52-24-13-14-26-56(52)64-50-20-9-3-10-21-50/h1-41,64-65H. The fraction of sp³-hybridized carbons (Fsp3) is 0. The van der Waals surface area contributed by atoms with E-state index in [9.17, 15) is 0 Å². The first kappa shape index (κ1) is 41.1. The van der Waals surface area contributed by atoms with Crippen LogP contribution in [-0.4, -0.2) is 15.0 Å². The SMILES string of the molecule is c1ccc(Nc2ccccc2-c2ccc(-c3ccc(Nc4ccccc4)c(-c4ccc(-c5ccc6oc7cccc(-c8nc(-c9ccccc9)nc(-c9ccccc9)n8)c7c6c5)cc4)c3)cc2)cc1. The fourth-order valence-corrected chi connectivity index (χ4v) is 9.08. The van der Waals surface area contributed by atoms with Crippen molar-refractivity contribution in [3.63, 3.8) is 0 Å². The summed E-state index contributed by atoms with van der Waals surface area (Å²) < 4.78 is 6.50. The topological polar surface area (TPSA) is 75.9 Å². The van der Waals surface area contributed by atoms with Crippen LogP contribution in [0, 0.1) is 0 Å². The monoisotopic (exact) mass is 885 g/mol. The van der Waals surface area contributed by atoms with Gasteiger partial charge in [-0.05, 0) is 94.0 Å². The van der Waals surface area contributed by atoms with Crippen molar-refractivity contribution in [1.82, 2.24) is 15.0 Å². The molecule has 6 heteroatoms. The van der Waals surface area contributed by atoms with Gasteiger partial charge in [0.05, 0.1) is 0 Å². The summed E-state index contributed by atoms with van der Waals surface area (Å²) in [6.45, 7) is 0. The van der Waals surface area contributed by atoms with Gasteiger partial charge in [0.2, 0.25) is 0 Å². The predicted molar refractivity (Wildman–Crippen MR) is 285 cm³/mol. The van der Waals surface area contributed by atoms with E-state index in [0.29, 0.717) is 17.5 Å². The number of para-hydroxylation sites is 3. The quantitative estimate of drug-likeness (QED) is 0.135. The van der Waals surface area contributed by atoms with Crippen LogP contribution in [0.5, 0.6) is 0 Å².